The molecule has 0 bridgehead atoms. The van der Waals surface area contributed by atoms with E-state index in [1.807, 2.05) is 4.90 Å². The Morgan fingerprint density at radius 3 is 2.85 bits per heavy atom. The van der Waals surface area contributed by atoms with Crippen LogP contribution in [0.2, 0.25) is 0 Å². The van der Waals surface area contributed by atoms with Crippen LogP contribution in [-0.2, 0) is 9.59 Å². The molecule has 0 saturated carbocycles. The second kappa shape index (κ2) is 4.59. The lowest BCUT2D eigenvalue weighted by molar-refractivity contribution is -0.129. The number of amides is 2. The van der Waals surface area contributed by atoms with Crippen LogP contribution in [0, 0.1) is 0 Å². The molecule has 3 rings (SSSR count). The summed E-state index contributed by atoms with van der Waals surface area (Å²) in [6.07, 6.45) is 0. The van der Waals surface area contributed by atoms with Gasteiger partial charge in [0.1, 0.15) is 5.75 Å². The molecule has 1 aromatic rings. The third-order valence-electron chi connectivity index (χ3n) is 3.56. The van der Waals surface area contributed by atoms with Crippen LogP contribution in [0.15, 0.2) is 12.1 Å². The zero-order valence-electron chi connectivity index (χ0n) is 11.2. The van der Waals surface area contributed by atoms with E-state index in [0.717, 1.165) is 5.69 Å². The Hall–Kier alpha value is -2.44. The van der Waals surface area contributed by atoms with Crippen molar-refractivity contribution in [2.24, 2.45) is 0 Å². The molecule has 2 amide bonds. The van der Waals surface area contributed by atoms with Crippen molar-refractivity contribution in [1.82, 2.24) is 4.90 Å². The Kier molecular flexibility index (Phi) is 2.89. The minimum absolute atomic E-state index is 0.00121. The highest BCUT2D eigenvalue weighted by Crippen LogP contribution is 2.37. The summed E-state index contributed by atoms with van der Waals surface area (Å²) in [5.74, 6) is 0.419. The molecule has 20 heavy (non-hydrogen) atoms. The van der Waals surface area contributed by atoms with Crippen LogP contribution in [-0.4, -0.2) is 50.0 Å². The lowest BCUT2D eigenvalue weighted by Crippen LogP contribution is -2.48. The van der Waals surface area contributed by atoms with Gasteiger partial charge in [0.2, 0.25) is 5.91 Å². The molecule has 7 nitrogen and oxygen atoms in total. The van der Waals surface area contributed by atoms with Crippen LogP contribution in [0.4, 0.5) is 17.1 Å². The average Bonchev–Trinajstić information content (AvgIpc) is 2.42. The maximum Gasteiger partial charge on any atom is 0.262 e. The summed E-state index contributed by atoms with van der Waals surface area (Å²) in [6, 6.07) is 3.45. The van der Waals surface area contributed by atoms with Gasteiger partial charge in [0.05, 0.1) is 23.6 Å². The van der Waals surface area contributed by atoms with Crippen molar-refractivity contribution in [1.29, 1.82) is 0 Å². The van der Waals surface area contributed by atoms with Crippen LogP contribution >= 0.6 is 0 Å². The molecule has 1 saturated heterocycles. The molecule has 1 fully saturated rings. The lowest BCUT2D eigenvalue weighted by atomic mass is 10.1. The summed E-state index contributed by atoms with van der Waals surface area (Å²) in [5, 5.41) is 2.75. The van der Waals surface area contributed by atoms with Crippen molar-refractivity contribution in [2.75, 3.05) is 49.2 Å². The maximum absolute atomic E-state index is 11.8. The number of nitrogen functional groups attached to an aromatic ring is 1. The van der Waals surface area contributed by atoms with Crippen LogP contribution in [0.1, 0.15) is 0 Å². The zero-order chi connectivity index (χ0) is 14.3. The van der Waals surface area contributed by atoms with Gasteiger partial charge in [-0.2, -0.15) is 0 Å². The van der Waals surface area contributed by atoms with Crippen molar-refractivity contribution in [3.8, 4) is 5.75 Å². The Morgan fingerprint density at radius 2 is 2.10 bits per heavy atom. The largest absolute Gasteiger partial charge is 0.482 e. The number of fused-ring (bicyclic) bond motifs is 1. The SMILES string of the molecule is CN1CCN(c2cc3c(cc2N)OCC(=O)N3)CC1=O. The molecule has 0 aliphatic carbocycles. The molecule has 2 aliphatic heterocycles. The number of anilines is 3. The first kappa shape index (κ1) is 12.6. The van der Waals surface area contributed by atoms with Gasteiger partial charge in [-0.25, -0.2) is 0 Å². The zero-order valence-corrected chi connectivity index (χ0v) is 11.2. The fourth-order valence-corrected chi connectivity index (χ4v) is 2.37. The summed E-state index contributed by atoms with van der Waals surface area (Å²) in [6.45, 7) is 1.64. The second-order valence-electron chi connectivity index (χ2n) is 4.98. The maximum atomic E-state index is 11.8. The van der Waals surface area contributed by atoms with Crippen molar-refractivity contribution in [3.63, 3.8) is 0 Å². The molecule has 0 spiro atoms. The summed E-state index contributed by atoms with van der Waals surface area (Å²) in [4.78, 5) is 26.7. The number of carbonyl (C=O) groups is 2. The number of hydrogen-bond donors (Lipinski definition) is 2. The van der Waals surface area contributed by atoms with Crippen LogP contribution in [0.5, 0.6) is 5.75 Å². The van der Waals surface area contributed by atoms with Crippen LogP contribution < -0.4 is 20.7 Å². The standard InChI is InChI=1S/C13H16N4O3/c1-16-2-3-17(6-13(16)19)10-5-9-11(4-8(10)14)20-7-12(18)15-9/h4-5H,2-3,6-7,14H2,1H3,(H,15,18). The van der Waals surface area contributed by atoms with E-state index in [1.54, 1.807) is 24.1 Å². The Labute approximate surface area is 116 Å². The molecule has 1 aromatic carbocycles. The van der Waals surface area contributed by atoms with Gasteiger partial charge in [-0.05, 0) is 6.07 Å². The predicted molar refractivity (Wildman–Crippen MR) is 74.8 cm³/mol. The van der Waals surface area contributed by atoms with E-state index in [9.17, 15) is 9.59 Å². The first-order valence-electron chi connectivity index (χ1n) is 6.39. The van der Waals surface area contributed by atoms with Gasteiger partial charge in [-0.1, -0.05) is 0 Å². The normalized spacial score (nSPS) is 18.4. The molecule has 0 atom stereocenters. The highest BCUT2D eigenvalue weighted by molar-refractivity contribution is 5.97. The molecule has 0 radical (unpaired) electrons. The average molecular weight is 276 g/mol. The van der Waals surface area contributed by atoms with Crippen LogP contribution in [0.25, 0.3) is 0 Å². The number of nitrogens with one attached hydrogen (secondary N) is 1. The number of hydrogen-bond acceptors (Lipinski definition) is 5. The van der Waals surface area contributed by atoms with E-state index < -0.39 is 0 Å². The van der Waals surface area contributed by atoms with E-state index in [0.29, 0.717) is 30.2 Å². The van der Waals surface area contributed by atoms with Gasteiger partial charge < -0.3 is 25.6 Å². The number of benzene rings is 1. The molecule has 0 unspecified atom stereocenters. The van der Waals surface area contributed by atoms with Gasteiger partial charge in [0.25, 0.3) is 5.91 Å². The number of nitrogens with two attached hydrogens (primary N) is 1. The Balaban J connectivity index is 1.92. The summed E-state index contributed by atoms with van der Waals surface area (Å²) in [7, 11) is 1.78. The number of ether oxygens (including phenoxy) is 1. The molecular formula is C13H16N4O3. The molecule has 2 heterocycles. The smallest absolute Gasteiger partial charge is 0.262 e. The Bertz CT molecular complexity index is 587. The fraction of sp³-hybridized carbons (Fsp3) is 0.385. The van der Waals surface area contributed by atoms with Crippen LogP contribution in [0.3, 0.4) is 0 Å². The number of carbonyl (C=O) groups excluding carboxylic acids is 2. The van der Waals surface area contributed by atoms with E-state index in [4.69, 9.17) is 10.5 Å². The minimum atomic E-state index is -0.192. The van der Waals surface area contributed by atoms with Gasteiger partial charge in [-0.3, -0.25) is 9.59 Å². The van der Waals surface area contributed by atoms with E-state index in [2.05, 4.69) is 5.32 Å². The second-order valence-corrected chi connectivity index (χ2v) is 4.98. The van der Waals surface area contributed by atoms with Crippen molar-refractivity contribution in [3.05, 3.63) is 12.1 Å². The molecule has 7 heteroatoms. The number of piperazine rings is 1. The molecule has 106 valence electrons. The molecular weight excluding hydrogens is 260 g/mol. The molecule has 2 aliphatic rings. The minimum Gasteiger partial charge on any atom is -0.482 e. The summed E-state index contributed by atoms with van der Waals surface area (Å²) in [5.41, 5.74) is 7.91. The third kappa shape index (κ3) is 2.11. The third-order valence-corrected chi connectivity index (χ3v) is 3.56. The predicted octanol–water partition coefficient (Wildman–Crippen LogP) is -0.122. The number of nitrogens with zero attached hydrogens (tertiary/aromatic N) is 2. The van der Waals surface area contributed by atoms with E-state index in [1.165, 1.54) is 0 Å². The topological polar surface area (TPSA) is 87.9 Å². The Morgan fingerprint density at radius 1 is 1.30 bits per heavy atom. The van der Waals surface area contributed by atoms with E-state index >= 15 is 0 Å². The van der Waals surface area contributed by atoms with Gasteiger partial charge in [-0.15, -0.1) is 0 Å². The monoisotopic (exact) mass is 276 g/mol. The van der Waals surface area contributed by atoms with Gasteiger partial charge in [0, 0.05) is 26.2 Å². The first-order chi connectivity index (χ1) is 9.54. The van der Waals surface area contributed by atoms with E-state index in [-0.39, 0.29) is 25.0 Å². The number of likely N-dealkylation sites (N-methyl/N-ethyl adjacent to an activating group) is 1. The highest BCUT2D eigenvalue weighted by atomic mass is 16.5. The van der Waals surface area contributed by atoms with Crippen molar-refractivity contribution < 1.29 is 14.3 Å². The quantitative estimate of drug-likeness (QED) is 0.698. The van der Waals surface area contributed by atoms with Crippen molar-refractivity contribution >= 4 is 28.9 Å². The highest BCUT2D eigenvalue weighted by Gasteiger charge is 2.25. The number of rotatable bonds is 1. The molecule has 0 aromatic heterocycles. The van der Waals surface area contributed by atoms with Gasteiger partial charge in [0.15, 0.2) is 6.61 Å². The lowest BCUT2D eigenvalue weighted by Gasteiger charge is -2.34. The van der Waals surface area contributed by atoms with Gasteiger partial charge >= 0.3 is 0 Å². The molecule has 3 N–H and O–H groups in total. The summed E-state index contributed by atoms with van der Waals surface area (Å²) >= 11 is 0. The fourth-order valence-electron chi connectivity index (χ4n) is 2.37. The first-order valence-corrected chi connectivity index (χ1v) is 6.39. The van der Waals surface area contributed by atoms with Crippen molar-refractivity contribution in [2.45, 2.75) is 0 Å². The summed E-state index contributed by atoms with van der Waals surface area (Å²) < 4.78 is 5.31.